The lowest BCUT2D eigenvalue weighted by molar-refractivity contribution is -0.166. The van der Waals surface area contributed by atoms with Gasteiger partial charge in [0.25, 0.3) is 0 Å². The molecule has 4 aliphatic carbocycles. The zero-order chi connectivity index (χ0) is 85.2. The molecule has 0 saturated carbocycles. The summed E-state index contributed by atoms with van der Waals surface area (Å²) in [5, 5.41) is 8.70. The van der Waals surface area contributed by atoms with Gasteiger partial charge in [-0.05, 0) is 125 Å². The van der Waals surface area contributed by atoms with E-state index in [1.807, 2.05) is 0 Å². The molecule has 0 spiro atoms. The second-order valence-electron chi connectivity index (χ2n) is 14.6. The van der Waals surface area contributed by atoms with Gasteiger partial charge in [0.05, 0.1) is 44.0 Å². The average Bonchev–Trinajstić information content (AvgIpc) is 0.688. The number of rotatable bonds is 14. The van der Waals surface area contributed by atoms with E-state index in [1.165, 1.54) is 0 Å². The van der Waals surface area contributed by atoms with Crippen molar-refractivity contribution >= 4 is 23.9 Å². The molecule has 14 atom stereocenters. The summed E-state index contributed by atoms with van der Waals surface area (Å²) in [5.41, 5.74) is -11.3. The Morgan fingerprint density at radius 1 is 0.783 bits per heavy atom. The van der Waals surface area contributed by atoms with Crippen LogP contribution < -0.4 is 0 Å². The van der Waals surface area contributed by atoms with Gasteiger partial charge in [0.1, 0.15) is 24.4 Å². The van der Waals surface area contributed by atoms with Crippen LogP contribution in [-0.4, -0.2) is 73.6 Å². The minimum absolute atomic E-state index is 0.441. The maximum atomic E-state index is 14.3. The van der Waals surface area contributed by atoms with E-state index in [4.69, 9.17) is 84.9 Å². The lowest BCUT2D eigenvalue weighted by atomic mass is 9.65. The Balaban J connectivity index is 0.000000387. The number of carbonyl (C=O) groups excluding carboxylic acids is 4. The van der Waals surface area contributed by atoms with Crippen molar-refractivity contribution in [2.24, 2.45) is 58.1 Å². The summed E-state index contributed by atoms with van der Waals surface area (Å²) in [4.78, 5) is 53.4. The molecule has 0 amide bonds. The number of aliphatic hydroxyl groups is 2. The predicted molar refractivity (Wildman–Crippen MR) is 231 cm³/mol. The smallest absolute Gasteiger partial charge is 0.311 e. The first-order valence-electron chi connectivity index (χ1n) is 42.3. The Morgan fingerprint density at radius 2 is 1.22 bits per heavy atom. The highest BCUT2D eigenvalue weighted by Gasteiger charge is 2.45. The molecule has 6 rings (SSSR count). The maximum Gasteiger partial charge on any atom is 0.311 e. The fraction of sp³-hybridized carbons (Fsp3) is 0.760. The van der Waals surface area contributed by atoms with Crippen LogP contribution in [0.15, 0.2) is 47.5 Å². The third-order valence-corrected chi connectivity index (χ3v) is 10.3. The van der Waals surface area contributed by atoms with Gasteiger partial charge in [-0.3, -0.25) is 19.2 Å². The fourth-order valence-corrected chi connectivity index (χ4v) is 7.30. The van der Waals surface area contributed by atoms with E-state index in [1.54, 1.807) is 0 Å². The van der Waals surface area contributed by atoms with E-state index in [0.29, 0.717) is 0 Å². The highest BCUT2D eigenvalue weighted by molar-refractivity contribution is 5.76. The number of hydrogen-bond acceptors (Lipinski definition) is 10. The van der Waals surface area contributed by atoms with Crippen LogP contribution in [0.1, 0.15) is 208 Å². The highest BCUT2D eigenvalue weighted by atomic mass is 16.6. The van der Waals surface area contributed by atoms with E-state index >= 15 is 0 Å². The third-order valence-electron chi connectivity index (χ3n) is 10.3. The van der Waals surface area contributed by atoms with Crippen LogP contribution in [0.5, 0.6) is 0 Å². The van der Waals surface area contributed by atoms with Gasteiger partial charge in [0.15, 0.2) is 0 Å². The van der Waals surface area contributed by atoms with Crippen molar-refractivity contribution in [3.63, 3.8) is 0 Å². The maximum absolute atomic E-state index is 14.3. The zero-order valence-corrected chi connectivity index (χ0v) is 32.1. The molecule has 10 nitrogen and oxygen atoms in total. The van der Waals surface area contributed by atoms with E-state index < -0.39 is 298 Å². The first-order chi connectivity index (χ1) is 47.6. The monoisotopic (exact) mass is 885 g/mol. The van der Waals surface area contributed by atoms with Gasteiger partial charge >= 0.3 is 23.9 Å². The Kier molecular flexibility index (Phi) is 5.05. The zero-order valence-electron chi connectivity index (χ0n) is 80.1. The molecule has 336 valence electrons. The van der Waals surface area contributed by atoms with Crippen LogP contribution in [-0.2, 0) is 38.1 Å². The largest absolute Gasteiger partial charge is 0.462 e. The van der Waals surface area contributed by atoms with Crippen LogP contribution in [0.4, 0.5) is 0 Å². The number of aliphatic hydroxyl groups excluding tert-OH is 2. The van der Waals surface area contributed by atoms with E-state index in [9.17, 15) is 19.2 Å². The number of ether oxygens (including phenoxy) is 4. The fourth-order valence-electron chi connectivity index (χ4n) is 7.30. The van der Waals surface area contributed by atoms with Gasteiger partial charge < -0.3 is 29.2 Å². The molecule has 0 radical (unpaired) electrons. The summed E-state index contributed by atoms with van der Waals surface area (Å²) in [7, 11) is 0. The number of fused-ring (bicyclic) bond motifs is 2. The molecule has 0 aromatic rings. The van der Waals surface area contributed by atoms with Crippen LogP contribution in [0.25, 0.3) is 0 Å². The Bertz CT molecular complexity index is 3340. The molecule has 4 unspecified atom stereocenters. The van der Waals surface area contributed by atoms with Gasteiger partial charge in [-0.1, -0.05) is 77.6 Å². The van der Waals surface area contributed by atoms with Crippen molar-refractivity contribution in [3.05, 3.63) is 47.5 Å². The molecule has 2 saturated heterocycles. The molecule has 60 heavy (non-hydrogen) atoms. The number of hydrogen-bond donors (Lipinski definition) is 2. The normalized spacial score (nSPS) is 59.6. The minimum Gasteiger partial charge on any atom is -0.462 e. The number of esters is 4. The molecule has 2 heterocycles. The molecule has 2 N–H and O–H groups in total. The Morgan fingerprint density at radius 3 is 1.58 bits per heavy atom. The van der Waals surface area contributed by atoms with Crippen molar-refractivity contribution in [1.29, 1.82) is 2.86 Å². The molecular formula is C50H76O10. The Labute approximate surface area is 427 Å². The number of allylic oxidation sites excluding steroid dienone is 6. The van der Waals surface area contributed by atoms with Crippen LogP contribution >= 0.6 is 0 Å². The van der Waals surface area contributed by atoms with Crippen LogP contribution in [0, 0.1) is 58.1 Å². The molecule has 2 aliphatic heterocycles. The summed E-state index contributed by atoms with van der Waals surface area (Å²) < 4.78 is 415. The number of carbonyl (C=O) groups is 4. The summed E-state index contributed by atoms with van der Waals surface area (Å²) >= 11 is 0. The van der Waals surface area contributed by atoms with E-state index in [-0.39, 0.29) is 0 Å². The Hall–Kier alpha value is -3.24. The summed E-state index contributed by atoms with van der Waals surface area (Å²) in [5.74, 6) is -28.9. The second kappa shape index (κ2) is 20.3. The quantitative estimate of drug-likeness (QED) is 0.128. The van der Waals surface area contributed by atoms with Crippen molar-refractivity contribution in [1.82, 2.24) is 0 Å². The average molecular weight is 885 g/mol. The molecule has 0 bridgehead atoms. The van der Waals surface area contributed by atoms with Crippen molar-refractivity contribution < 1.29 is 111 Å². The van der Waals surface area contributed by atoms with Gasteiger partial charge in [-0.25, -0.2) is 0 Å². The molecular weight excluding hydrogens is 761 g/mol. The van der Waals surface area contributed by atoms with Crippen molar-refractivity contribution in [2.45, 2.75) is 182 Å². The molecule has 0 aromatic heterocycles. The summed E-state index contributed by atoms with van der Waals surface area (Å²) in [6, 6.07) is -7.04. The standard InChI is InChI=1S/2C25H38O5/c2*1-6-25(4,5)24(28)30-21-12-15(2)11-17-8-7-16(3)20(23(17)21)10-9-19-13-18(26)14-22(27)29-19/h2*7-8,11,15-16,18-21,23,26H,6,9-10,12-14H2,1-5H3/t2*15-,16-,18+,19?,20-,21?,23-/m00/s1/i2*1D3,2D3,4D3,5D3,6D2,7D,8D,11D,12D2,14D2,15D,16D,26D. The molecule has 10 heteroatoms. The van der Waals surface area contributed by atoms with Crippen LogP contribution in [0.2, 0.25) is 0 Å². The van der Waals surface area contributed by atoms with Gasteiger partial charge in [0, 0.05) is 79.5 Å². The minimum atomic E-state index is -4.68. The lowest BCUT2D eigenvalue weighted by Gasteiger charge is -2.44. The SMILES string of the molecule is [2H]O[C@@H]1CC(CC[C@@H]2[C@@H]3C(=C([2H])[C@]([2H])(C([2H])([2H])[2H])C([2H])([2H])C3OC(=O)C(C([2H])([2H])[2H])(C([2H])([2H])[2H])C([2H])([2H])C([2H])([2H])[2H])C([2H])=C([2H])[C@]2([2H])C)OC(=O)C1([2H])[2H].[2H]O[C@@H]1CC(CC[C@@H]2[C@@H]3C(=C([2H])[C@]([2H])(C([2H])([2H])[2H])C([2H])([2H])C3OC(=O)C(C([2H])([2H])[2H])(C([2H])([2H])[2H])C([2H])([2H])C([2H])([2H])[2H])C([2H])=C([2H])[C@]2([2H])C)OC(=O)C1([2H])[2H]. The van der Waals surface area contributed by atoms with Crippen molar-refractivity contribution in [2.75, 3.05) is 0 Å². The van der Waals surface area contributed by atoms with Crippen molar-refractivity contribution in [3.8, 4) is 0 Å². The lowest BCUT2D eigenvalue weighted by Crippen LogP contribution is -2.43. The van der Waals surface area contributed by atoms with Gasteiger partial charge in [-0.2, -0.15) is 0 Å². The van der Waals surface area contributed by atoms with Gasteiger partial charge in [-0.15, -0.1) is 0 Å². The predicted octanol–water partition coefficient (Wildman–Crippen LogP) is 9.17. The van der Waals surface area contributed by atoms with E-state index in [0.717, 1.165) is 13.8 Å². The van der Waals surface area contributed by atoms with Gasteiger partial charge in [0.2, 0.25) is 2.86 Å². The second-order valence-corrected chi connectivity index (χ2v) is 14.6. The van der Waals surface area contributed by atoms with Crippen LogP contribution in [0.3, 0.4) is 0 Å². The third kappa shape index (κ3) is 12.0. The van der Waals surface area contributed by atoms with E-state index in [2.05, 4.69) is 10.2 Å². The molecule has 6 aliphatic rings. The summed E-state index contributed by atoms with van der Waals surface area (Å²) in [6.45, 7) is -32.0. The first kappa shape index (κ1) is 14.9. The summed E-state index contributed by atoms with van der Waals surface area (Å²) in [6.07, 6.45) is -37.5. The first-order valence-corrected chi connectivity index (χ1v) is 18.5. The number of cyclic esters (lactones) is 2. The molecule has 0 aromatic carbocycles. The highest BCUT2D eigenvalue weighted by Crippen LogP contribution is 2.47. The molecule has 2 fully saturated rings. The topological polar surface area (TPSA) is 146 Å².